The third kappa shape index (κ3) is 4.59. The molecule has 1 aliphatic rings. The normalized spacial score (nSPS) is 16.1. The number of aliphatic hydroxyl groups is 1. The van der Waals surface area contributed by atoms with Crippen LogP contribution >= 0.6 is 0 Å². The first kappa shape index (κ1) is 22.8. The fourth-order valence-corrected chi connectivity index (χ4v) is 5.22. The molecular formula is C29H29N3O4. The van der Waals surface area contributed by atoms with Gasteiger partial charge >= 0.3 is 0 Å². The number of hydrogen-bond acceptors (Lipinski definition) is 7. The second-order valence-electron chi connectivity index (χ2n) is 9.52. The minimum atomic E-state index is -0.595. The maximum atomic E-state index is 10.7. The average Bonchev–Trinajstić information content (AvgIpc) is 3.54. The number of hydrogen-bond donors (Lipinski definition) is 1. The second-order valence-corrected chi connectivity index (χ2v) is 9.52. The van der Waals surface area contributed by atoms with Gasteiger partial charge in [-0.25, -0.2) is 0 Å². The molecule has 36 heavy (non-hydrogen) atoms. The monoisotopic (exact) mass is 483 g/mol. The van der Waals surface area contributed by atoms with E-state index in [-0.39, 0.29) is 6.61 Å². The highest BCUT2D eigenvalue weighted by molar-refractivity contribution is 5.87. The molecule has 7 nitrogen and oxygen atoms in total. The fourth-order valence-electron chi connectivity index (χ4n) is 5.22. The minimum Gasteiger partial charge on any atom is -0.487 e. The summed E-state index contributed by atoms with van der Waals surface area (Å²) in [6.07, 6.45) is 1.58. The number of ether oxygens (including phenoxy) is 1. The minimum absolute atomic E-state index is 0.193. The summed E-state index contributed by atoms with van der Waals surface area (Å²) in [5.74, 6) is 2.45. The Morgan fingerprint density at radius 1 is 0.972 bits per heavy atom. The van der Waals surface area contributed by atoms with Gasteiger partial charge in [-0.3, -0.25) is 0 Å². The quantitative estimate of drug-likeness (QED) is 0.324. The van der Waals surface area contributed by atoms with Crippen molar-refractivity contribution >= 4 is 21.7 Å². The number of furan rings is 1. The van der Waals surface area contributed by atoms with Crippen molar-refractivity contribution in [1.29, 1.82) is 0 Å². The Morgan fingerprint density at radius 2 is 1.75 bits per heavy atom. The Balaban J connectivity index is 1.06. The molecular weight excluding hydrogens is 454 g/mol. The Labute approximate surface area is 209 Å². The van der Waals surface area contributed by atoms with E-state index in [1.54, 1.807) is 6.92 Å². The van der Waals surface area contributed by atoms with Gasteiger partial charge in [0, 0.05) is 18.9 Å². The molecule has 0 radical (unpaired) electrons. The molecule has 0 aliphatic carbocycles. The molecule has 7 heteroatoms. The Hall–Kier alpha value is -3.68. The van der Waals surface area contributed by atoms with Crippen LogP contribution in [0.5, 0.6) is 5.75 Å². The van der Waals surface area contributed by atoms with Gasteiger partial charge in [-0.2, -0.15) is 0 Å². The van der Waals surface area contributed by atoms with E-state index >= 15 is 0 Å². The zero-order valence-electron chi connectivity index (χ0n) is 20.3. The standard InChI is InChI=1S/C29H29N3O4/c1-19-30-31-29(35-19)27-16-22-8-5-11-26(28(22)36-27)34-18-23(33)17-32-14-12-21(13-15-32)25-10-4-7-20-6-2-3-9-24(20)25/h2-11,16,21,23,33H,12-15,17-18H2,1H3/t23-/m0/s1. The summed E-state index contributed by atoms with van der Waals surface area (Å²) >= 11 is 0. The number of benzene rings is 3. The van der Waals surface area contributed by atoms with Crippen molar-refractivity contribution in [2.24, 2.45) is 0 Å². The largest absolute Gasteiger partial charge is 0.487 e. The van der Waals surface area contributed by atoms with Gasteiger partial charge in [-0.1, -0.05) is 54.6 Å². The molecule has 3 aromatic carbocycles. The summed E-state index contributed by atoms with van der Waals surface area (Å²) in [5.41, 5.74) is 2.05. The van der Waals surface area contributed by atoms with Crippen LogP contribution in [0, 0.1) is 6.92 Å². The maximum Gasteiger partial charge on any atom is 0.283 e. The van der Waals surface area contributed by atoms with E-state index in [9.17, 15) is 5.11 Å². The molecule has 1 aliphatic heterocycles. The first-order valence-electron chi connectivity index (χ1n) is 12.5. The first-order chi connectivity index (χ1) is 17.6. The molecule has 1 atom stereocenters. The third-order valence-corrected chi connectivity index (χ3v) is 7.00. The lowest BCUT2D eigenvalue weighted by molar-refractivity contribution is 0.0597. The highest BCUT2D eigenvalue weighted by Crippen LogP contribution is 2.34. The second kappa shape index (κ2) is 9.76. The van der Waals surface area contributed by atoms with E-state index < -0.39 is 6.10 Å². The van der Waals surface area contributed by atoms with Crippen LogP contribution in [0.25, 0.3) is 33.4 Å². The number of aromatic nitrogens is 2. The number of β-amino-alcohol motifs (C(OH)–C–C–N with tert-alkyl or cyclic N) is 1. The van der Waals surface area contributed by atoms with E-state index in [4.69, 9.17) is 13.6 Å². The van der Waals surface area contributed by atoms with Crippen LogP contribution in [0.2, 0.25) is 0 Å². The lowest BCUT2D eigenvalue weighted by atomic mass is 9.86. The van der Waals surface area contributed by atoms with Crippen LogP contribution in [0.15, 0.2) is 75.6 Å². The average molecular weight is 484 g/mol. The lowest BCUT2D eigenvalue weighted by Crippen LogP contribution is -2.40. The first-order valence-corrected chi connectivity index (χ1v) is 12.5. The summed E-state index contributed by atoms with van der Waals surface area (Å²) < 4.78 is 17.4. The third-order valence-electron chi connectivity index (χ3n) is 7.00. The van der Waals surface area contributed by atoms with Crippen LogP contribution in [0.3, 0.4) is 0 Å². The molecule has 0 amide bonds. The zero-order chi connectivity index (χ0) is 24.5. The van der Waals surface area contributed by atoms with Crippen molar-refractivity contribution < 1.29 is 18.7 Å². The van der Waals surface area contributed by atoms with Crippen molar-refractivity contribution in [1.82, 2.24) is 15.1 Å². The van der Waals surface area contributed by atoms with Gasteiger partial charge in [0.1, 0.15) is 12.7 Å². The molecule has 2 aromatic heterocycles. The Morgan fingerprint density at radius 3 is 2.58 bits per heavy atom. The number of likely N-dealkylation sites (tertiary alicyclic amines) is 1. The van der Waals surface area contributed by atoms with Gasteiger partial charge in [0.2, 0.25) is 5.89 Å². The number of aryl methyl sites for hydroxylation is 1. The number of nitrogens with zero attached hydrogens (tertiary/aromatic N) is 3. The highest BCUT2D eigenvalue weighted by atomic mass is 16.5. The van der Waals surface area contributed by atoms with E-state index in [1.165, 1.54) is 16.3 Å². The fraction of sp³-hybridized carbons (Fsp3) is 0.310. The van der Waals surface area contributed by atoms with Gasteiger partial charge in [0.05, 0.1) is 0 Å². The van der Waals surface area contributed by atoms with Crippen LogP contribution in [-0.2, 0) is 0 Å². The predicted octanol–water partition coefficient (Wildman–Crippen LogP) is 5.56. The molecule has 3 heterocycles. The molecule has 0 bridgehead atoms. The van der Waals surface area contributed by atoms with Crippen molar-refractivity contribution in [2.45, 2.75) is 31.8 Å². The van der Waals surface area contributed by atoms with Gasteiger partial charge < -0.3 is 23.6 Å². The maximum absolute atomic E-state index is 10.7. The van der Waals surface area contributed by atoms with E-state index in [1.807, 2.05) is 24.3 Å². The molecule has 184 valence electrons. The topological polar surface area (TPSA) is 84.8 Å². The van der Waals surface area contributed by atoms with Crippen molar-refractivity contribution in [3.63, 3.8) is 0 Å². The van der Waals surface area contributed by atoms with Crippen molar-refractivity contribution in [3.8, 4) is 17.4 Å². The van der Waals surface area contributed by atoms with Crippen molar-refractivity contribution in [3.05, 3.63) is 78.2 Å². The number of aliphatic hydroxyl groups excluding tert-OH is 1. The zero-order valence-corrected chi connectivity index (χ0v) is 20.3. The summed E-state index contributed by atoms with van der Waals surface area (Å²) in [6.45, 7) is 4.44. The van der Waals surface area contributed by atoms with Crippen LogP contribution in [0.4, 0.5) is 0 Å². The summed E-state index contributed by atoms with van der Waals surface area (Å²) in [5, 5.41) is 22.1. The predicted molar refractivity (Wildman–Crippen MR) is 138 cm³/mol. The Kier molecular flexibility index (Phi) is 6.17. The van der Waals surface area contributed by atoms with Gasteiger partial charge in [0.15, 0.2) is 17.1 Å². The van der Waals surface area contributed by atoms with E-state index in [0.29, 0.717) is 41.3 Å². The smallest absolute Gasteiger partial charge is 0.283 e. The Bertz CT molecular complexity index is 1480. The molecule has 6 rings (SSSR count). The van der Waals surface area contributed by atoms with Crippen LogP contribution < -0.4 is 4.74 Å². The SMILES string of the molecule is Cc1nnc(-c2cc3cccc(OC[C@@H](O)CN4CCC(c5cccc6ccccc56)CC4)c3o2)o1. The molecule has 1 N–H and O–H groups in total. The highest BCUT2D eigenvalue weighted by Gasteiger charge is 2.24. The molecule has 0 spiro atoms. The van der Waals surface area contributed by atoms with Crippen molar-refractivity contribution in [2.75, 3.05) is 26.2 Å². The number of para-hydroxylation sites is 1. The van der Waals surface area contributed by atoms with Gasteiger partial charge in [-0.05, 0) is 60.3 Å². The van der Waals surface area contributed by atoms with Gasteiger partial charge in [-0.15, -0.1) is 10.2 Å². The summed E-state index contributed by atoms with van der Waals surface area (Å²) in [6, 6.07) is 22.8. The lowest BCUT2D eigenvalue weighted by Gasteiger charge is -2.33. The molecule has 1 saturated heterocycles. The van der Waals surface area contributed by atoms with Gasteiger partial charge in [0.25, 0.3) is 5.89 Å². The summed E-state index contributed by atoms with van der Waals surface area (Å²) in [7, 11) is 0. The number of fused-ring (bicyclic) bond motifs is 2. The molecule has 0 saturated carbocycles. The molecule has 0 unspecified atom stereocenters. The number of piperidine rings is 1. The summed E-state index contributed by atoms with van der Waals surface area (Å²) in [4.78, 5) is 2.33. The molecule has 1 fully saturated rings. The van der Waals surface area contributed by atoms with E-state index in [0.717, 1.165) is 31.3 Å². The van der Waals surface area contributed by atoms with E-state index in [2.05, 4.69) is 57.6 Å². The van der Waals surface area contributed by atoms with Crippen LogP contribution in [0.1, 0.15) is 30.2 Å². The van der Waals surface area contributed by atoms with Crippen LogP contribution in [-0.4, -0.2) is 52.5 Å². The number of rotatable bonds is 7. The molecule has 5 aromatic rings.